The molecule has 0 spiro atoms. The van der Waals surface area contributed by atoms with Crippen molar-refractivity contribution in [2.45, 2.75) is 80.3 Å². The van der Waals surface area contributed by atoms with Crippen LogP contribution in [0.1, 0.15) is 76.3 Å². The molecule has 2 heteroatoms. The zero-order valence-corrected chi connectivity index (χ0v) is 15.5. The summed E-state index contributed by atoms with van der Waals surface area (Å²) in [6, 6.07) is 4.50. The lowest BCUT2D eigenvalue weighted by Gasteiger charge is -2.39. The second-order valence-corrected chi connectivity index (χ2v) is 10.1. The van der Waals surface area contributed by atoms with Crippen LogP contribution in [0.25, 0.3) is 0 Å². The second-order valence-electron chi connectivity index (χ2n) is 8.57. The highest BCUT2D eigenvalue weighted by Gasteiger charge is 2.46. The zero-order chi connectivity index (χ0) is 16.2. The van der Waals surface area contributed by atoms with Crippen LogP contribution in [0, 0.1) is 5.92 Å². The molecule has 4 atom stereocenters. The van der Waals surface area contributed by atoms with Crippen LogP contribution in [0.15, 0.2) is 29.2 Å². The van der Waals surface area contributed by atoms with Gasteiger partial charge in [-0.15, -0.1) is 11.8 Å². The standard InChI is InChI=1S/C21H29NS/c1-14-7-6-11-20(2,13-14)18-17(22)10-9-15-16-8-4-5-12-21(16,3)23-19(15)18/h4,8-10,14,16H,5-7,11-13,22H2,1-3H3/t14-,16?,20?,21?/m0/s1. The van der Waals surface area contributed by atoms with Crippen molar-refractivity contribution in [2.75, 3.05) is 5.73 Å². The summed E-state index contributed by atoms with van der Waals surface area (Å²) in [7, 11) is 0. The quantitative estimate of drug-likeness (QED) is 0.503. The molecular formula is C21H29NS. The van der Waals surface area contributed by atoms with E-state index in [0.29, 0.717) is 10.7 Å². The summed E-state index contributed by atoms with van der Waals surface area (Å²) in [6.45, 7) is 7.33. The molecule has 1 aromatic carbocycles. The van der Waals surface area contributed by atoms with Crippen molar-refractivity contribution >= 4 is 17.4 Å². The van der Waals surface area contributed by atoms with E-state index in [0.717, 1.165) is 11.6 Å². The molecule has 0 aromatic heterocycles. The van der Waals surface area contributed by atoms with E-state index >= 15 is 0 Å². The second kappa shape index (κ2) is 5.31. The maximum atomic E-state index is 6.56. The van der Waals surface area contributed by atoms with Gasteiger partial charge in [0.15, 0.2) is 0 Å². The Kier molecular flexibility index (Phi) is 3.61. The maximum Gasteiger partial charge on any atom is 0.0363 e. The number of anilines is 1. The van der Waals surface area contributed by atoms with Crippen molar-refractivity contribution in [1.82, 2.24) is 0 Å². The van der Waals surface area contributed by atoms with Crippen molar-refractivity contribution in [1.29, 1.82) is 0 Å². The van der Waals surface area contributed by atoms with Gasteiger partial charge in [0, 0.05) is 21.2 Å². The van der Waals surface area contributed by atoms with Crippen molar-refractivity contribution in [3.8, 4) is 0 Å². The van der Waals surface area contributed by atoms with Crippen LogP contribution in [0.2, 0.25) is 0 Å². The Labute approximate surface area is 145 Å². The van der Waals surface area contributed by atoms with E-state index in [1.807, 2.05) is 0 Å². The monoisotopic (exact) mass is 327 g/mol. The number of hydrogen-bond acceptors (Lipinski definition) is 2. The minimum absolute atomic E-state index is 0.258. The molecule has 0 radical (unpaired) electrons. The SMILES string of the molecule is C[C@H]1CCCC(C)(c2c(N)ccc3c2SC2(C)CCC=CC32)C1. The van der Waals surface area contributed by atoms with E-state index in [-0.39, 0.29) is 5.41 Å². The molecule has 1 aromatic rings. The van der Waals surface area contributed by atoms with Crippen molar-refractivity contribution in [2.24, 2.45) is 5.92 Å². The minimum atomic E-state index is 0.258. The highest BCUT2D eigenvalue weighted by atomic mass is 32.2. The third-order valence-corrected chi connectivity index (χ3v) is 8.08. The van der Waals surface area contributed by atoms with Gasteiger partial charge in [0.1, 0.15) is 0 Å². The Balaban J connectivity index is 1.85. The zero-order valence-electron chi connectivity index (χ0n) is 14.7. The van der Waals surface area contributed by atoms with Crippen molar-refractivity contribution < 1.29 is 0 Å². The fraction of sp³-hybridized carbons (Fsp3) is 0.619. The lowest BCUT2D eigenvalue weighted by molar-refractivity contribution is 0.250. The predicted molar refractivity (Wildman–Crippen MR) is 101 cm³/mol. The van der Waals surface area contributed by atoms with Crippen molar-refractivity contribution in [3.63, 3.8) is 0 Å². The van der Waals surface area contributed by atoms with Gasteiger partial charge in [-0.3, -0.25) is 0 Å². The largest absolute Gasteiger partial charge is 0.398 e. The molecular weight excluding hydrogens is 298 g/mol. The van der Waals surface area contributed by atoms with E-state index in [1.54, 1.807) is 0 Å². The number of thioether (sulfide) groups is 1. The van der Waals surface area contributed by atoms with Crippen LogP contribution >= 0.6 is 11.8 Å². The first-order valence-electron chi connectivity index (χ1n) is 9.21. The highest BCUT2D eigenvalue weighted by Crippen LogP contribution is 2.61. The third kappa shape index (κ3) is 2.36. The summed E-state index contributed by atoms with van der Waals surface area (Å²) in [6.07, 6.45) is 12.6. The number of benzene rings is 1. The first-order chi connectivity index (χ1) is 10.9. The number of rotatable bonds is 1. The Bertz CT molecular complexity index is 664. The lowest BCUT2D eigenvalue weighted by Crippen LogP contribution is -2.30. The molecule has 0 amide bonds. The van der Waals surface area contributed by atoms with Crippen LogP contribution in [-0.2, 0) is 5.41 Å². The molecule has 3 unspecified atom stereocenters. The van der Waals surface area contributed by atoms with Gasteiger partial charge in [0.2, 0.25) is 0 Å². The molecule has 3 aliphatic rings. The summed E-state index contributed by atoms with van der Waals surface area (Å²) in [5.41, 5.74) is 10.9. The smallest absolute Gasteiger partial charge is 0.0363 e. The Morgan fingerprint density at radius 1 is 1.22 bits per heavy atom. The van der Waals surface area contributed by atoms with Gasteiger partial charge in [-0.05, 0) is 61.1 Å². The van der Waals surface area contributed by atoms with E-state index in [1.165, 1.54) is 54.5 Å². The van der Waals surface area contributed by atoms with Gasteiger partial charge in [0.05, 0.1) is 0 Å². The van der Waals surface area contributed by atoms with E-state index in [9.17, 15) is 0 Å². The fourth-order valence-corrected chi connectivity index (χ4v) is 7.17. The third-order valence-electron chi connectivity index (χ3n) is 6.51. The predicted octanol–water partition coefficient (Wildman–Crippen LogP) is 6.03. The average molecular weight is 328 g/mol. The van der Waals surface area contributed by atoms with Gasteiger partial charge >= 0.3 is 0 Å². The minimum Gasteiger partial charge on any atom is -0.398 e. The van der Waals surface area contributed by atoms with Crippen LogP contribution in [-0.4, -0.2) is 4.75 Å². The average Bonchev–Trinajstić information content (AvgIpc) is 2.78. The van der Waals surface area contributed by atoms with Crippen LogP contribution in [0.3, 0.4) is 0 Å². The fourth-order valence-electron chi connectivity index (χ4n) is 5.37. The number of allylic oxidation sites excluding steroid dienone is 2. The van der Waals surface area contributed by atoms with Gasteiger partial charge in [-0.2, -0.15) is 0 Å². The molecule has 2 N–H and O–H groups in total. The normalized spacial score (nSPS) is 39.1. The summed E-state index contributed by atoms with van der Waals surface area (Å²) in [4.78, 5) is 1.53. The van der Waals surface area contributed by atoms with Crippen LogP contribution in [0.5, 0.6) is 0 Å². The molecule has 1 saturated carbocycles. The van der Waals surface area contributed by atoms with Crippen molar-refractivity contribution in [3.05, 3.63) is 35.4 Å². The summed E-state index contributed by atoms with van der Waals surface area (Å²) in [5, 5.41) is 0. The molecule has 1 heterocycles. The molecule has 1 nitrogen and oxygen atoms in total. The lowest BCUT2D eigenvalue weighted by atomic mass is 9.66. The van der Waals surface area contributed by atoms with E-state index in [4.69, 9.17) is 5.73 Å². The van der Waals surface area contributed by atoms with E-state index < -0.39 is 0 Å². The number of fused-ring (bicyclic) bond motifs is 3. The van der Waals surface area contributed by atoms with Gasteiger partial charge in [0.25, 0.3) is 0 Å². The van der Waals surface area contributed by atoms with Crippen LogP contribution < -0.4 is 5.73 Å². The summed E-state index contributed by atoms with van der Waals surface area (Å²) >= 11 is 2.13. The molecule has 1 fully saturated rings. The molecule has 0 saturated heterocycles. The highest BCUT2D eigenvalue weighted by molar-refractivity contribution is 8.01. The Morgan fingerprint density at radius 2 is 2.04 bits per heavy atom. The Hall–Kier alpha value is -0.890. The van der Waals surface area contributed by atoms with Gasteiger partial charge < -0.3 is 5.73 Å². The van der Waals surface area contributed by atoms with E-state index in [2.05, 4.69) is 56.8 Å². The maximum absolute atomic E-state index is 6.56. The molecule has 1 aliphatic heterocycles. The van der Waals surface area contributed by atoms with Gasteiger partial charge in [-0.1, -0.05) is 44.9 Å². The number of nitrogens with two attached hydrogens (primary N) is 1. The molecule has 2 aliphatic carbocycles. The molecule has 4 rings (SSSR count). The summed E-state index contributed by atoms with van der Waals surface area (Å²) < 4.78 is 0.330. The first kappa shape index (κ1) is 15.6. The first-order valence-corrected chi connectivity index (χ1v) is 10.0. The number of hydrogen-bond donors (Lipinski definition) is 1. The van der Waals surface area contributed by atoms with Crippen LogP contribution in [0.4, 0.5) is 5.69 Å². The topological polar surface area (TPSA) is 26.0 Å². The van der Waals surface area contributed by atoms with Gasteiger partial charge in [-0.25, -0.2) is 0 Å². The Morgan fingerprint density at radius 3 is 2.83 bits per heavy atom. The molecule has 124 valence electrons. The summed E-state index contributed by atoms with van der Waals surface area (Å²) in [5.74, 6) is 1.38. The molecule has 23 heavy (non-hydrogen) atoms. The molecule has 0 bridgehead atoms. The number of nitrogen functional groups attached to an aromatic ring is 1.